The second-order valence-electron chi connectivity index (χ2n) is 4.42. The number of benzene rings is 1. The summed E-state index contributed by atoms with van der Waals surface area (Å²) in [7, 11) is 2.00. The molecule has 3 nitrogen and oxygen atoms in total. The van der Waals surface area contributed by atoms with Crippen LogP contribution < -0.4 is 5.32 Å². The molecule has 0 bridgehead atoms. The van der Waals surface area contributed by atoms with Crippen LogP contribution in [0.25, 0.3) is 11.0 Å². The molecule has 0 aliphatic heterocycles. The molecule has 2 rings (SSSR count). The molecular formula is C13H19N3. The van der Waals surface area contributed by atoms with E-state index in [1.807, 2.05) is 13.1 Å². The van der Waals surface area contributed by atoms with Crippen LogP contribution in [0.3, 0.4) is 0 Å². The predicted molar refractivity (Wildman–Crippen MR) is 67.6 cm³/mol. The Labute approximate surface area is 96.5 Å². The number of nitrogens with zero attached hydrogens (tertiary/aromatic N) is 2. The second kappa shape index (κ2) is 4.66. The lowest BCUT2D eigenvalue weighted by molar-refractivity contribution is 0.463. The average molecular weight is 217 g/mol. The molecule has 0 amide bonds. The minimum Gasteiger partial charge on any atom is -0.328 e. The Morgan fingerprint density at radius 2 is 2.12 bits per heavy atom. The third-order valence-electron chi connectivity index (χ3n) is 2.89. The molecule has 3 heteroatoms. The molecule has 0 fully saturated rings. The smallest absolute Gasteiger partial charge is 0.106 e. The van der Waals surface area contributed by atoms with E-state index in [-0.39, 0.29) is 0 Å². The lowest BCUT2D eigenvalue weighted by Gasteiger charge is -2.13. The maximum absolute atomic E-state index is 4.57. The first-order valence-electron chi connectivity index (χ1n) is 5.79. The number of hydrogen-bond acceptors (Lipinski definition) is 2. The van der Waals surface area contributed by atoms with Crippen LogP contribution in [-0.4, -0.2) is 23.1 Å². The van der Waals surface area contributed by atoms with Crippen molar-refractivity contribution < 1.29 is 0 Å². The Morgan fingerprint density at radius 3 is 2.88 bits per heavy atom. The van der Waals surface area contributed by atoms with Crippen LogP contribution in [0.4, 0.5) is 0 Å². The van der Waals surface area contributed by atoms with E-state index in [1.165, 1.54) is 5.52 Å². The molecule has 0 radical (unpaired) electrons. The minimum atomic E-state index is 0.612. The van der Waals surface area contributed by atoms with Gasteiger partial charge in [-0.05, 0) is 38.6 Å². The zero-order valence-electron chi connectivity index (χ0n) is 10.2. The maximum atomic E-state index is 4.57. The van der Waals surface area contributed by atoms with Crippen molar-refractivity contribution in [1.82, 2.24) is 14.9 Å². The maximum Gasteiger partial charge on any atom is 0.106 e. The molecule has 1 unspecified atom stereocenters. The molecule has 0 saturated heterocycles. The van der Waals surface area contributed by atoms with Crippen molar-refractivity contribution in [1.29, 1.82) is 0 Å². The van der Waals surface area contributed by atoms with Crippen LogP contribution in [0.2, 0.25) is 0 Å². The largest absolute Gasteiger partial charge is 0.328 e. The highest BCUT2D eigenvalue weighted by Crippen LogP contribution is 2.16. The van der Waals surface area contributed by atoms with Crippen LogP contribution in [-0.2, 0) is 6.54 Å². The Hall–Kier alpha value is -1.35. The highest BCUT2D eigenvalue weighted by Gasteiger charge is 2.09. The van der Waals surface area contributed by atoms with Gasteiger partial charge in [0, 0.05) is 6.54 Å². The second-order valence-corrected chi connectivity index (χ2v) is 4.42. The summed E-state index contributed by atoms with van der Waals surface area (Å²) in [6.45, 7) is 6.38. The number of para-hydroxylation sites is 2. The van der Waals surface area contributed by atoms with E-state index in [2.05, 4.69) is 46.9 Å². The van der Waals surface area contributed by atoms with Gasteiger partial charge in [0.25, 0.3) is 0 Å². The normalized spacial score (nSPS) is 13.2. The van der Waals surface area contributed by atoms with Gasteiger partial charge in [-0.1, -0.05) is 19.1 Å². The van der Waals surface area contributed by atoms with Gasteiger partial charge in [-0.25, -0.2) is 4.98 Å². The van der Waals surface area contributed by atoms with Gasteiger partial charge in [0.1, 0.15) is 5.82 Å². The van der Waals surface area contributed by atoms with E-state index in [1.54, 1.807) is 0 Å². The molecule has 0 aliphatic rings. The summed E-state index contributed by atoms with van der Waals surface area (Å²) < 4.78 is 2.30. The number of nitrogens with one attached hydrogen (secondary N) is 1. The number of aromatic nitrogens is 2. The van der Waals surface area contributed by atoms with Crippen molar-refractivity contribution in [2.45, 2.75) is 20.4 Å². The predicted octanol–water partition coefficient (Wildman–Crippen LogP) is 2.20. The van der Waals surface area contributed by atoms with E-state index < -0.39 is 0 Å². The number of hydrogen-bond donors (Lipinski definition) is 1. The molecule has 1 aromatic heterocycles. The van der Waals surface area contributed by atoms with Gasteiger partial charge in [-0.15, -0.1) is 0 Å². The van der Waals surface area contributed by atoms with E-state index in [0.717, 1.165) is 24.4 Å². The number of rotatable bonds is 4. The van der Waals surface area contributed by atoms with Gasteiger partial charge in [0.15, 0.2) is 0 Å². The van der Waals surface area contributed by atoms with Crippen molar-refractivity contribution in [3.05, 3.63) is 30.1 Å². The standard InChI is InChI=1S/C13H19N3/c1-10(8-14-3)9-16-11(2)15-12-6-4-5-7-13(12)16/h4-7,10,14H,8-9H2,1-3H3. The summed E-state index contributed by atoms with van der Waals surface area (Å²) in [6, 6.07) is 8.32. The fraction of sp³-hybridized carbons (Fsp3) is 0.462. The molecule has 0 saturated carbocycles. The SMILES string of the molecule is CNCC(C)Cn1c(C)nc2ccccc21. The highest BCUT2D eigenvalue weighted by molar-refractivity contribution is 5.75. The van der Waals surface area contributed by atoms with Gasteiger partial charge in [0.2, 0.25) is 0 Å². The summed E-state index contributed by atoms with van der Waals surface area (Å²) in [5.41, 5.74) is 2.33. The van der Waals surface area contributed by atoms with Crippen molar-refractivity contribution in [2.75, 3.05) is 13.6 Å². The van der Waals surface area contributed by atoms with Crippen molar-refractivity contribution in [3.8, 4) is 0 Å². The first-order valence-corrected chi connectivity index (χ1v) is 5.79. The molecule has 0 aliphatic carbocycles. The fourth-order valence-corrected chi connectivity index (χ4v) is 2.15. The molecule has 1 heterocycles. The van der Waals surface area contributed by atoms with Gasteiger partial charge in [0.05, 0.1) is 11.0 Å². The van der Waals surface area contributed by atoms with Crippen LogP contribution in [0.1, 0.15) is 12.7 Å². The summed E-state index contributed by atoms with van der Waals surface area (Å²) in [6.07, 6.45) is 0. The Bertz CT molecular complexity index is 473. The Kier molecular flexibility index (Phi) is 3.25. The summed E-state index contributed by atoms with van der Waals surface area (Å²) in [5, 5.41) is 3.21. The quantitative estimate of drug-likeness (QED) is 0.851. The van der Waals surface area contributed by atoms with Crippen LogP contribution >= 0.6 is 0 Å². The monoisotopic (exact) mass is 217 g/mol. The number of imidazole rings is 1. The van der Waals surface area contributed by atoms with Crippen LogP contribution in [0.5, 0.6) is 0 Å². The Morgan fingerprint density at radius 1 is 1.38 bits per heavy atom. The Balaban J connectivity index is 2.32. The van der Waals surface area contributed by atoms with Gasteiger partial charge >= 0.3 is 0 Å². The molecule has 2 aromatic rings. The third-order valence-corrected chi connectivity index (χ3v) is 2.89. The van der Waals surface area contributed by atoms with Crippen LogP contribution in [0, 0.1) is 12.8 Å². The van der Waals surface area contributed by atoms with E-state index in [4.69, 9.17) is 0 Å². The average Bonchev–Trinajstić information content (AvgIpc) is 2.56. The molecule has 0 spiro atoms. The van der Waals surface area contributed by atoms with E-state index in [0.29, 0.717) is 5.92 Å². The number of aryl methyl sites for hydroxylation is 1. The van der Waals surface area contributed by atoms with Crippen LogP contribution in [0.15, 0.2) is 24.3 Å². The van der Waals surface area contributed by atoms with E-state index >= 15 is 0 Å². The van der Waals surface area contributed by atoms with Gasteiger partial charge in [-0.3, -0.25) is 0 Å². The highest BCUT2D eigenvalue weighted by atomic mass is 15.1. The molecule has 1 N–H and O–H groups in total. The number of fused-ring (bicyclic) bond motifs is 1. The van der Waals surface area contributed by atoms with Gasteiger partial charge in [-0.2, -0.15) is 0 Å². The third kappa shape index (κ3) is 2.09. The molecule has 86 valence electrons. The molecule has 16 heavy (non-hydrogen) atoms. The van der Waals surface area contributed by atoms with Crippen molar-refractivity contribution >= 4 is 11.0 Å². The molecule has 1 aromatic carbocycles. The van der Waals surface area contributed by atoms with Crippen molar-refractivity contribution in [3.63, 3.8) is 0 Å². The molecular weight excluding hydrogens is 198 g/mol. The van der Waals surface area contributed by atoms with Gasteiger partial charge < -0.3 is 9.88 Å². The lowest BCUT2D eigenvalue weighted by atomic mass is 10.2. The zero-order chi connectivity index (χ0) is 11.5. The zero-order valence-corrected chi connectivity index (χ0v) is 10.2. The summed E-state index contributed by atoms with van der Waals surface area (Å²) >= 11 is 0. The summed E-state index contributed by atoms with van der Waals surface area (Å²) in [4.78, 5) is 4.57. The molecule has 1 atom stereocenters. The topological polar surface area (TPSA) is 29.9 Å². The fourth-order valence-electron chi connectivity index (χ4n) is 2.15. The van der Waals surface area contributed by atoms with E-state index in [9.17, 15) is 0 Å². The van der Waals surface area contributed by atoms with Crippen molar-refractivity contribution in [2.24, 2.45) is 5.92 Å². The summed E-state index contributed by atoms with van der Waals surface area (Å²) in [5.74, 6) is 1.71. The lowest BCUT2D eigenvalue weighted by Crippen LogP contribution is -2.21. The minimum absolute atomic E-state index is 0.612. The first kappa shape index (κ1) is 11.1. The first-order chi connectivity index (χ1) is 7.72.